The maximum atomic E-state index is 13.1. The Morgan fingerprint density at radius 2 is 1.88 bits per heavy atom. The van der Waals surface area contributed by atoms with Crippen molar-refractivity contribution in [2.45, 2.75) is 42.7 Å². The standard InChI is InChI=1S/C24H25Cl3N2O3S/c1-32-20-3-2-4-21(15-20)33(30,31)28-19-11-12-29(23-10-9-18(26)13-22(23)27)24(14-19)16-5-7-17(25)8-6-16/h2-5,7,9-10,13,15,19,24,28H,6,8,11-12,14H2,1H3. The number of hydrogen-bond acceptors (Lipinski definition) is 4. The fourth-order valence-electron chi connectivity index (χ4n) is 4.39. The Bertz CT molecular complexity index is 1200. The molecule has 0 spiro atoms. The highest BCUT2D eigenvalue weighted by atomic mass is 35.5. The summed E-state index contributed by atoms with van der Waals surface area (Å²) in [6.45, 7) is 0.645. The highest BCUT2D eigenvalue weighted by molar-refractivity contribution is 7.89. The summed E-state index contributed by atoms with van der Waals surface area (Å²) in [5.41, 5.74) is 2.09. The van der Waals surface area contributed by atoms with Gasteiger partial charge in [0.1, 0.15) is 5.75 Å². The van der Waals surface area contributed by atoms with E-state index >= 15 is 0 Å². The topological polar surface area (TPSA) is 58.6 Å². The van der Waals surface area contributed by atoms with Gasteiger partial charge in [-0.25, -0.2) is 13.1 Å². The predicted octanol–water partition coefficient (Wildman–Crippen LogP) is 6.16. The van der Waals surface area contributed by atoms with Crippen molar-refractivity contribution in [1.29, 1.82) is 0 Å². The van der Waals surface area contributed by atoms with Crippen LogP contribution in [0.15, 0.2) is 70.1 Å². The summed E-state index contributed by atoms with van der Waals surface area (Å²) in [5.74, 6) is 0.499. The number of ether oxygens (including phenoxy) is 1. The van der Waals surface area contributed by atoms with Gasteiger partial charge in [-0.15, -0.1) is 0 Å². The molecule has 2 aromatic rings. The molecule has 0 radical (unpaired) electrons. The molecule has 0 bridgehead atoms. The lowest BCUT2D eigenvalue weighted by atomic mass is 9.87. The number of nitrogens with one attached hydrogen (secondary N) is 1. The van der Waals surface area contributed by atoms with E-state index in [0.717, 1.165) is 23.6 Å². The summed E-state index contributed by atoms with van der Waals surface area (Å²) < 4.78 is 34.2. The number of nitrogens with zero attached hydrogens (tertiary/aromatic N) is 1. The van der Waals surface area contributed by atoms with Gasteiger partial charge in [-0.3, -0.25) is 0 Å². The van der Waals surface area contributed by atoms with Crippen LogP contribution in [-0.2, 0) is 10.0 Å². The third-order valence-corrected chi connectivity index (χ3v) is 8.42. The number of rotatable bonds is 6. The summed E-state index contributed by atoms with van der Waals surface area (Å²) in [6, 6.07) is 11.7. The quantitative estimate of drug-likeness (QED) is 0.489. The first kappa shape index (κ1) is 24.4. The van der Waals surface area contributed by atoms with Crippen molar-refractivity contribution in [3.05, 3.63) is 75.3 Å². The zero-order valence-electron chi connectivity index (χ0n) is 18.1. The molecule has 2 atom stereocenters. The number of sulfonamides is 1. The molecule has 1 aliphatic carbocycles. The van der Waals surface area contributed by atoms with Gasteiger partial charge in [0.25, 0.3) is 0 Å². The first-order valence-electron chi connectivity index (χ1n) is 10.7. The van der Waals surface area contributed by atoms with Crippen molar-refractivity contribution in [3.8, 4) is 5.75 Å². The van der Waals surface area contributed by atoms with Crippen molar-refractivity contribution in [1.82, 2.24) is 4.72 Å². The minimum Gasteiger partial charge on any atom is -0.497 e. The summed E-state index contributed by atoms with van der Waals surface area (Å²) in [7, 11) is -2.18. The average Bonchev–Trinajstić information content (AvgIpc) is 2.80. The predicted molar refractivity (Wildman–Crippen MR) is 135 cm³/mol. The molecule has 1 heterocycles. The minimum absolute atomic E-state index is 0.0172. The molecule has 2 aliphatic rings. The van der Waals surface area contributed by atoms with E-state index in [2.05, 4.69) is 9.62 Å². The van der Waals surface area contributed by atoms with Crippen LogP contribution < -0.4 is 14.4 Å². The Morgan fingerprint density at radius 3 is 2.58 bits per heavy atom. The van der Waals surface area contributed by atoms with Gasteiger partial charge in [0, 0.05) is 28.7 Å². The molecule has 1 fully saturated rings. The van der Waals surface area contributed by atoms with Gasteiger partial charge in [-0.05, 0) is 67.7 Å². The van der Waals surface area contributed by atoms with Crippen LogP contribution in [-0.4, -0.2) is 34.2 Å². The van der Waals surface area contributed by atoms with Crippen molar-refractivity contribution >= 4 is 50.5 Å². The Hall–Kier alpha value is -1.70. The second-order valence-electron chi connectivity index (χ2n) is 8.18. The van der Waals surface area contributed by atoms with Crippen molar-refractivity contribution in [3.63, 3.8) is 0 Å². The monoisotopic (exact) mass is 526 g/mol. The molecule has 1 N–H and O–H groups in total. The van der Waals surface area contributed by atoms with E-state index in [1.807, 2.05) is 24.3 Å². The number of methoxy groups -OCH3 is 1. The maximum Gasteiger partial charge on any atom is 0.240 e. The third kappa shape index (κ3) is 5.69. The minimum atomic E-state index is -3.70. The fourth-order valence-corrected chi connectivity index (χ4v) is 6.38. The smallest absolute Gasteiger partial charge is 0.240 e. The Balaban J connectivity index is 1.61. The molecule has 0 saturated carbocycles. The highest BCUT2D eigenvalue weighted by Crippen LogP contribution is 2.38. The van der Waals surface area contributed by atoms with E-state index in [4.69, 9.17) is 39.5 Å². The van der Waals surface area contributed by atoms with E-state index in [9.17, 15) is 8.42 Å². The molecular formula is C24H25Cl3N2O3S. The van der Waals surface area contributed by atoms with Crippen LogP contribution in [0.1, 0.15) is 25.7 Å². The summed E-state index contributed by atoms with van der Waals surface area (Å²) in [6.07, 6.45) is 6.81. The fraction of sp³-hybridized carbons (Fsp3) is 0.333. The van der Waals surface area contributed by atoms with Crippen LogP contribution in [0.3, 0.4) is 0 Å². The maximum absolute atomic E-state index is 13.1. The zero-order chi connectivity index (χ0) is 23.6. The highest BCUT2D eigenvalue weighted by Gasteiger charge is 2.34. The first-order chi connectivity index (χ1) is 15.8. The molecule has 4 rings (SSSR count). The third-order valence-electron chi connectivity index (χ3n) is 6.05. The molecular weight excluding hydrogens is 503 g/mol. The zero-order valence-corrected chi connectivity index (χ0v) is 21.2. The average molecular weight is 528 g/mol. The Kier molecular flexibility index (Phi) is 7.61. The molecule has 176 valence electrons. The number of benzene rings is 2. The van der Waals surface area contributed by atoms with Crippen LogP contribution in [0, 0.1) is 0 Å². The van der Waals surface area contributed by atoms with Crippen LogP contribution in [0.4, 0.5) is 5.69 Å². The van der Waals surface area contributed by atoms with Crippen LogP contribution >= 0.6 is 34.8 Å². The van der Waals surface area contributed by atoms with Crippen molar-refractivity contribution < 1.29 is 13.2 Å². The van der Waals surface area contributed by atoms with Gasteiger partial charge >= 0.3 is 0 Å². The van der Waals surface area contributed by atoms with Gasteiger partial charge in [0.15, 0.2) is 0 Å². The molecule has 2 unspecified atom stereocenters. The second-order valence-corrected chi connectivity index (χ2v) is 11.2. The molecule has 0 amide bonds. The number of hydrogen-bond donors (Lipinski definition) is 1. The van der Waals surface area contributed by atoms with Crippen molar-refractivity contribution in [2.24, 2.45) is 0 Å². The largest absolute Gasteiger partial charge is 0.497 e. The molecule has 1 aliphatic heterocycles. The van der Waals surface area contributed by atoms with Gasteiger partial charge in [0.05, 0.1) is 28.8 Å². The Morgan fingerprint density at radius 1 is 1.06 bits per heavy atom. The Labute approximate surface area is 210 Å². The molecule has 33 heavy (non-hydrogen) atoms. The number of piperidine rings is 1. The molecule has 2 aromatic carbocycles. The number of anilines is 1. The normalized spacial score (nSPS) is 21.4. The van der Waals surface area contributed by atoms with Gasteiger partial charge < -0.3 is 9.64 Å². The van der Waals surface area contributed by atoms with Gasteiger partial charge in [-0.2, -0.15) is 0 Å². The molecule has 1 saturated heterocycles. The van der Waals surface area contributed by atoms with E-state index in [0.29, 0.717) is 35.2 Å². The van der Waals surface area contributed by atoms with Gasteiger partial charge in [0.2, 0.25) is 10.0 Å². The van der Waals surface area contributed by atoms with Gasteiger partial charge in [-0.1, -0.05) is 46.9 Å². The first-order valence-corrected chi connectivity index (χ1v) is 13.3. The SMILES string of the molecule is COc1cccc(S(=O)(=O)NC2CCN(c3ccc(Cl)cc3Cl)C(C3=CC=C(Cl)CC3)C2)c1. The lowest BCUT2D eigenvalue weighted by Gasteiger charge is -2.43. The second kappa shape index (κ2) is 10.3. The van der Waals surface area contributed by atoms with E-state index in [-0.39, 0.29) is 17.0 Å². The number of allylic oxidation sites excluding steroid dienone is 3. The summed E-state index contributed by atoms with van der Waals surface area (Å²) in [5, 5.41) is 1.97. The van der Waals surface area contributed by atoms with Crippen LogP contribution in [0.2, 0.25) is 10.0 Å². The lowest BCUT2D eigenvalue weighted by molar-refractivity contribution is 0.406. The van der Waals surface area contributed by atoms with E-state index < -0.39 is 10.0 Å². The lowest BCUT2D eigenvalue weighted by Crippen LogP contribution is -2.51. The molecule has 9 heteroatoms. The number of halogens is 3. The molecule has 5 nitrogen and oxygen atoms in total. The summed E-state index contributed by atoms with van der Waals surface area (Å²) in [4.78, 5) is 2.43. The summed E-state index contributed by atoms with van der Waals surface area (Å²) >= 11 is 18.8. The molecule has 0 aromatic heterocycles. The van der Waals surface area contributed by atoms with Crippen molar-refractivity contribution in [2.75, 3.05) is 18.6 Å². The van der Waals surface area contributed by atoms with E-state index in [1.165, 1.54) is 18.7 Å². The van der Waals surface area contributed by atoms with E-state index in [1.54, 1.807) is 24.3 Å². The van der Waals surface area contributed by atoms with Crippen LogP contribution in [0.5, 0.6) is 5.75 Å². The van der Waals surface area contributed by atoms with Crippen LogP contribution in [0.25, 0.3) is 0 Å².